The van der Waals surface area contributed by atoms with Crippen molar-refractivity contribution in [1.82, 2.24) is 14.7 Å². The molecule has 2 aromatic heterocycles. The Kier molecular flexibility index (Phi) is 6.66. The number of aliphatic carboxylic acids is 1. The topological polar surface area (TPSA) is 80.7 Å². The fraction of sp³-hybridized carbons (Fsp3) is 0.529. The van der Waals surface area contributed by atoms with Crippen LogP contribution in [-0.2, 0) is 29.7 Å². The van der Waals surface area contributed by atoms with Crippen LogP contribution in [0.4, 0.5) is 13.2 Å². The molecule has 0 saturated heterocycles. The second-order valence-corrected chi connectivity index (χ2v) is 6.34. The lowest BCUT2D eigenvalue weighted by Gasteiger charge is -2.31. The van der Waals surface area contributed by atoms with E-state index in [1.165, 1.54) is 5.56 Å². The van der Waals surface area contributed by atoms with Crippen LogP contribution in [0.15, 0.2) is 22.7 Å². The molecule has 10 heteroatoms. The second kappa shape index (κ2) is 8.57. The number of carboxylic acids is 1. The summed E-state index contributed by atoms with van der Waals surface area (Å²) in [5.74, 6) is -0.400. The van der Waals surface area contributed by atoms with E-state index in [0.717, 1.165) is 43.5 Å². The molecule has 0 bridgehead atoms. The van der Waals surface area contributed by atoms with Crippen molar-refractivity contribution in [3.05, 3.63) is 41.1 Å². The summed E-state index contributed by atoms with van der Waals surface area (Å²) >= 11 is 0. The maximum atomic E-state index is 10.6. The van der Waals surface area contributed by atoms with Gasteiger partial charge in [0.15, 0.2) is 0 Å². The van der Waals surface area contributed by atoms with Gasteiger partial charge in [-0.1, -0.05) is 0 Å². The number of aryl methyl sites for hydroxylation is 2. The molecule has 2 aromatic rings. The van der Waals surface area contributed by atoms with Crippen LogP contribution in [0.1, 0.15) is 28.7 Å². The van der Waals surface area contributed by atoms with E-state index in [2.05, 4.69) is 22.3 Å². The third-order valence-corrected chi connectivity index (χ3v) is 4.02. The lowest BCUT2D eigenvalue weighted by atomic mass is 9.95. The number of methoxy groups -OCH3 is 1. The minimum absolute atomic E-state index is 0.383. The molecule has 0 aromatic carbocycles. The van der Waals surface area contributed by atoms with Gasteiger partial charge >= 0.3 is 12.1 Å². The van der Waals surface area contributed by atoms with E-state index < -0.39 is 12.1 Å². The number of rotatable bonds is 4. The SMILES string of the molecule is COCC1CN(Cc2ccc(C)o2)Cc2nn(C)cc21.O=C(O)C(F)(F)F. The van der Waals surface area contributed by atoms with Gasteiger partial charge in [0.05, 0.1) is 18.8 Å². The summed E-state index contributed by atoms with van der Waals surface area (Å²) in [5.41, 5.74) is 2.48. The number of nitrogens with zero attached hydrogens (tertiary/aromatic N) is 3. The number of ether oxygens (including phenoxy) is 1. The molecule has 0 amide bonds. The first-order valence-electron chi connectivity index (χ1n) is 8.19. The largest absolute Gasteiger partial charge is 0.490 e. The van der Waals surface area contributed by atoms with Crippen molar-refractivity contribution in [1.29, 1.82) is 0 Å². The highest BCUT2D eigenvalue weighted by Crippen LogP contribution is 2.28. The maximum Gasteiger partial charge on any atom is 0.490 e. The molecule has 7 nitrogen and oxygen atoms in total. The Labute approximate surface area is 154 Å². The molecule has 0 radical (unpaired) electrons. The van der Waals surface area contributed by atoms with Gasteiger partial charge in [0.2, 0.25) is 0 Å². The number of aromatic nitrogens is 2. The zero-order valence-electron chi connectivity index (χ0n) is 15.3. The first kappa shape index (κ1) is 21.0. The molecular weight excluding hydrogens is 367 g/mol. The number of fused-ring (bicyclic) bond motifs is 1. The highest BCUT2D eigenvalue weighted by molar-refractivity contribution is 5.73. The molecule has 1 aliphatic heterocycles. The number of carbonyl (C=O) groups is 1. The van der Waals surface area contributed by atoms with Gasteiger partial charge in [-0.15, -0.1) is 0 Å². The first-order chi connectivity index (χ1) is 12.6. The Morgan fingerprint density at radius 3 is 2.63 bits per heavy atom. The van der Waals surface area contributed by atoms with E-state index >= 15 is 0 Å². The van der Waals surface area contributed by atoms with E-state index in [4.69, 9.17) is 19.1 Å². The smallest absolute Gasteiger partial charge is 0.475 e. The van der Waals surface area contributed by atoms with Crippen molar-refractivity contribution in [2.75, 3.05) is 20.3 Å². The Morgan fingerprint density at radius 1 is 1.44 bits per heavy atom. The monoisotopic (exact) mass is 389 g/mol. The van der Waals surface area contributed by atoms with Gasteiger partial charge in [-0.2, -0.15) is 18.3 Å². The van der Waals surface area contributed by atoms with Crippen molar-refractivity contribution < 1.29 is 32.2 Å². The summed E-state index contributed by atoms with van der Waals surface area (Å²) in [5, 5.41) is 11.7. The highest BCUT2D eigenvalue weighted by Gasteiger charge is 2.38. The molecule has 0 spiro atoms. The molecule has 1 aliphatic rings. The number of alkyl halides is 3. The average Bonchev–Trinajstić information content (AvgIpc) is 3.12. The zero-order chi connectivity index (χ0) is 20.2. The molecule has 1 unspecified atom stereocenters. The van der Waals surface area contributed by atoms with Gasteiger partial charge in [-0.3, -0.25) is 9.58 Å². The molecule has 1 atom stereocenters. The van der Waals surface area contributed by atoms with Crippen molar-refractivity contribution in [3.8, 4) is 0 Å². The summed E-state index contributed by atoms with van der Waals surface area (Å²) in [7, 11) is 3.73. The quantitative estimate of drug-likeness (QED) is 0.866. The van der Waals surface area contributed by atoms with Gasteiger partial charge in [-0.05, 0) is 19.1 Å². The second-order valence-electron chi connectivity index (χ2n) is 6.34. The van der Waals surface area contributed by atoms with E-state index in [-0.39, 0.29) is 0 Å². The molecule has 3 heterocycles. The average molecular weight is 389 g/mol. The van der Waals surface area contributed by atoms with Crippen molar-refractivity contribution in [3.63, 3.8) is 0 Å². The number of halogens is 3. The van der Waals surface area contributed by atoms with Crippen LogP contribution in [-0.4, -0.2) is 52.2 Å². The van der Waals surface area contributed by atoms with E-state index in [9.17, 15) is 13.2 Å². The Morgan fingerprint density at radius 2 is 2.11 bits per heavy atom. The fourth-order valence-corrected chi connectivity index (χ4v) is 2.96. The standard InChI is InChI=1S/C15H21N3O2.C2HF3O2/c1-11-4-5-13(20-11)7-18-6-12(10-19-3)14-8-17(2)16-15(14)9-18;3-2(4,5)1(6)7/h4-5,8,12H,6-7,9-10H2,1-3H3;(H,6,7). The number of furan rings is 1. The number of hydrogen-bond donors (Lipinski definition) is 1. The third kappa shape index (κ3) is 5.83. The summed E-state index contributed by atoms with van der Waals surface area (Å²) < 4.78 is 44.7. The Bertz CT molecular complexity index is 770. The predicted octanol–water partition coefficient (Wildman–Crippen LogP) is 2.70. The van der Waals surface area contributed by atoms with Crippen LogP contribution in [0, 0.1) is 6.92 Å². The predicted molar refractivity (Wildman–Crippen MR) is 89.1 cm³/mol. The normalized spacial score (nSPS) is 17.2. The Balaban J connectivity index is 0.000000321. The van der Waals surface area contributed by atoms with Gasteiger partial charge in [0.1, 0.15) is 11.5 Å². The van der Waals surface area contributed by atoms with Gasteiger partial charge in [-0.25, -0.2) is 4.79 Å². The van der Waals surface area contributed by atoms with Crippen LogP contribution in [0.2, 0.25) is 0 Å². The van der Waals surface area contributed by atoms with Crippen LogP contribution in [0.3, 0.4) is 0 Å². The van der Waals surface area contributed by atoms with Crippen molar-refractivity contribution >= 4 is 5.97 Å². The molecule has 3 rings (SSSR count). The van der Waals surface area contributed by atoms with Crippen molar-refractivity contribution in [2.24, 2.45) is 7.05 Å². The minimum Gasteiger partial charge on any atom is -0.475 e. The van der Waals surface area contributed by atoms with Crippen molar-refractivity contribution in [2.45, 2.75) is 32.1 Å². The summed E-state index contributed by atoms with van der Waals surface area (Å²) in [6.45, 7) is 5.38. The first-order valence-corrected chi connectivity index (χ1v) is 8.19. The van der Waals surface area contributed by atoms with Crippen LogP contribution in [0.5, 0.6) is 0 Å². The van der Waals surface area contributed by atoms with Gasteiger partial charge < -0.3 is 14.3 Å². The molecular formula is C17H22F3N3O4. The molecule has 27 heavy (non-hydrogen) atoms. The lowest BCUT2D eigenvalue weighted by molar-refractivity contribution is -0.192. The van der Waals surface area contributed by atoms with E-state index in [1.54, 1.807) is 7.11 Å². The number of carboxylic acid groups (broad SMARTS) is 1. The van der Waals surface area contributed by atoms with Crippen LogP contribution < -0.4 is 0 Å². The Hall–Kier alpha value is -2.33. The van der Waals surface area contributed by atoms with Crippen LogP contribution >= 0.6 is 0 Å². The molecule has 0 fully saturated rings. The summed E-state index contributed by atoms with van der Waals surface area (Å²) in [4.78, 5) is 11.3. The molecule has 150 valence electrons. The van der Waals surface area contributed by atoms with Gasteiger partial charge in [0.25, 0.3) is 0 Å². The zero-order valence-corrected chi connectivity index (χ0v) is 15.3. The maximum absolute atomic E-state index is 10.6. The van der Waals surface area contributed by atoms with E-state index in [1.807, 2.05) is 24.7 Å². The summed E-state index contributed by atoms with van der Waals surface area (Å²) in [6.07, 6.45) is -2.96. The van der Waals surface area contributed by atoms with E-state index in [0.29, 0.717) is 5.92 Å². The molecule has 1 N–H and O–H groups in total. The van der Waals surface area contributed by atoms with Crippen LogP contribution in [0.25, 0.3) is 0 Å². The minimum atomic E-state index is -5.08. The highest BCUT2D eigenvalue weighted by atomic mass is 19.4. The molecule has 0 saturated carbocycles. The third-order valence-electron chi connectivity index (χ3n) is 4.02. The number of hydrogen-bond acceptors (Lipinski definition) is 5. The van der Waals surface area contributed by atoms with Gasteiger partial charge in [0, 0.05) is 44.9 Å². The molecule has 0 aliphatic carbocycles. The lowest BCUT2D eigenvalue weighted by Crippen LogP contribution is -2.34. The fourth-order valence-electron chi connectivity index (χ4n) is 2.96. The summed E-state index contributed by atoms with van der Waals surface area (Å²) in [6, 6.07) is 4.06.